The Morgan fingerprint density at radius 1 is 1.08 bits per heavy atom. The molecule has 0 spiro atoms. The van der Waals surface area contributed by atoms with Crippen LogP contribution in [-0.2, 0) is 19.1 Å². The molecule has 0 saturated heterocycles. The Hall–Kier alpha value is -3.83. The summed E-state index contributed by atoms with van der Waals surface area (Å²) < 4.78 is 18.3. The molecule has 2 aromatic carbocycles. The first kappa shape index (κ1) is 27.2. The number of halogens is 1. The van der Waals surface area contributed by atoms with Crippen molar-refractivity contribution in [2.45, 2.75) is 33.7 Å². The first-order valence-electron chi connectivity index (χ1n) is 11.5. The third-order valence-corrected chi connectivity index (χ3v) is 6.96. The number of aromatic nitrogens is 1. The molecule has 0 aliphatic carbocycles. The lowest BCUT2D eigenvalue weighted by Crippen LogP contribution is -2.39. The van der Waals surface area contributed by atoms with Gasteiger partial charge in [0.05, 0.1) is 28.5 Å². The van der Waals surface area contributed by atoms with E-state index in [0.29, 0.717) is 37.7 Å². The summed E-state index contributed by atoms with van der Waals surface area (Å²) in [4.78, 5) is 54.7. The van der Waals surface area contributed by atoms with Gasteiger partial charge in [-0.15, -0.1) is 0 Å². The lowest BCUT2D eigenvalue weighted by Gasteiger charge is -2.24. The topological polar surface area (TPSA) is 113 Å². The Balaban J connectivity index is 1.92. The third-order valence-electron chi connectivity index (χ3n) is 5.49. The van der Waals surface area contributed by atoms with Crippen molar-refractivity contribution in [3.8, 4) is 11.5 Å². The fourth-order valence-corrected chi connectivity index (χ4v) is 5.43. The van der Waals surface area contributed by atoms with Crippen molar-refractivity contribution in [2.24, 2.45) is 4.99 Å². The van der Waals surface area contributed by atoms with Crippen molar-refractivity contribution in [3.05, 3.63) is 89.0 Å². The van der Waals surface area contributed by atoms with Crippen LogP contribution in [0, 0.1) is 0 Å². The van der Waals surface area contributed by atoms with Gasteiger partial charge < -0.3 is 14.2 Å². The first-order chi connectivity index (χ1) is 18.1. The molecule has 0 fully saturated rings. The molecular formula is C27H23BrN2O7S. The molecule has 4 rings (SSSR count). The number of thiazole rings is 1. The van der Waals surface area contributed by atoms with Crippen molar-refractivity contribution in [1.82, 2.24) is 4.57 Å². The Kier molecular flexibility index (Phi) is 8.08. The maximum atomic E-state index is 13.8. The Morgan fingerprint density at radius 2 is 1.76 bits per heavy atom. The third kappa shape index (κ3) is 5.68. The second-order valence-electron chi connectivity index (χ2n) is 8.24. The zero-order valence-corrected chi connectivity index (χ0v) is 23.3. The monoisotopic (exact) mass is 598 g/mol. The molecule has 1 aliphatic rings. The second-order valence-corrected chi connectivity index (χ2v) is 10.2. The molecular weight excluding hydrogens is 576 g/mol. The largest absolute Gasteiger partial charge is 0.463 e. The van der Waals surface area contributed by atoms with Crippen molar-refractivity contribution in [1.29, 1.82) is 0 Å². The number of hydrogen-bond acceptors (Lipinski definition) is 9. The minimum Gasteiger partial charge on any atom is -0.463 e. The number of carbonyl (C=O) groups excluding carboxylic acids is 3. The van der Waals surface area contributed by atoms with Crippen molar-refractivity contribution in [2.75, 3.05) is 6.61 Å². The number of carbonyl (C=O) groups is 3. The molecule has 0 bridgehead atoms. The molecule has 2 heterocycles. The number of rotatable bonds is 6. The summed E-state index contributed by atoms with van der Waals surface area (Å²) in [5, 5.41) is 0. The van der Waals surface area contributed by atoms with Gasteiger partial charge in [-0.2, -0.15) is 0 Å². The highest BCUT2D eigenvalue weighted by molar-refractivity contribution is 9.10. The number of nitrogens with zero attached hydrogens (tertiary/aromatic N) is 2. The predicted molar refractivity (Wildman–Crippen MR) is 144 cm³/mol. The van der Waals surface area contributed by atoms with Gasteiger partial charge in [0.1, 0.15) is 11.5 Å². The summed E-state index contributed by atoms with van der Waals surface area (Å²) in [5.41, 5.74) is 1.39. The fourth-order valence-electron chi connectivity index (χ4n) is 4.01. The van der Waals surface area contributed by atoms with E-state index in [1.165, 1.54) is 18.4 Å². The number of esters is 3. The highest BCUT2D eigenvalue weighted by Gasteiger charge is 2.33. The van der Waals surface area contributed by atoms with E-state index in [1.807, 2.05) is 0 Å². The predicted octanol–water partition coefficient (Wildman–Crippen LogP) is 3.41. The van der Waals surface area contributed by atoms with E-state index in [1.54, 1.807) is 62.4 Å². The molecule has 11 heteroatoms. The Bertz CT molecular complexity index is 1650. The van der Waals surface area contributed by atoms with Crippen LogP contribution in [-0.4, -0.2) is 29.1 Å². The molecule has 0 amide bonds. The second kappa shape index (κ2) is 11.3. The molecule has 0 N–H and O–H groups in total. The van der Waals surface area contributed by atoms with Gasteiger partial charge in [0.2, 0.25) is 0 Å². The number of allylic oxidation sites excluding steroid dienone is 1. The van der Waals surface area contributed by atoms with Crippen molar-refractivity contribution < 1.29 is 28.6 Å². The van der Waals surface area contributed by atoms with Crippen LogP contribution in [0.4, 0.5) is 0 Å². The molecule has 38 heavy (non-hydrogen) atoms. The van der Waals surface area contributed by atoms with Gasteiger partial charge in [-0.3, -0.25) is 19.0 Å². The zero-order valence-electron chi connectivity index (χ0n) is 20.9. The quantitative estimate of drug-likeness (QED) is 0.315. The number of ether oxygens (including phenoxy) is 3. The summed E-state index contributed by atoms with van der Waals surface area (Å²) in [5.74, 6) is -0.904. The van der Waals surface area contributed by atoms with Gasteiger partial charge in [0.25, 0.3) is 5.56 Å². The van der Waals surface area contributed by atoms with E-state index in [0.717, 1.165) is 15.8 Å². The Labute approximate surface area is 229 Å². The average molecular weight is 599 g/mol. The van der Waals surface area contributed by atoms with E-state index in [4.69, 9.17) is 14.2 Å². The van der Waals surface area contributed by atoms with Crippen LogP contribution in [0.3, 0.4) is 0 Å². The first-order valence-corrected chi connectivity index (χ1v) is 13.2. The standard InChI is InChI=1S/C27H23BrN2O7S/c1-5-35-26(34)23-14(2)29-27-30(24(23)17-6-9-20(10-7-17)36-15(3)31)25(33)22(38-27)13-18-12-19(28)8-11-21(18)37-16(4)32/h6-13,24H,5H2,1-4H3/b22-13-/t24-/m0/s1. The fraction of sp³-hybridized carbons (Fsp3) is 0.222. The Morgan fingerprint density at radius 3 is 2.39 bits per heavy atom. The van der Waals surface area contributed by atoms with Gasteiger partial charge in [0.15, 0.2) is 4.80 Å². The zero-order chi connectivity index (χ0) is 27.6. The SMILES string of the molecule is CCOC(=O)C1=C(C)N=c2s/c(=C\c3cc(Br)ccc3OC(C)=O)c(=O)n2[C@H]1c1ccc(OC(C)=O)cc1. The van der Waals surface area contributed by atoms with E-state index < -0.39 is 23.9 Å². The summed E-state index contributed by atoms with van der Waals surface area (Å²) in [7, 11) is 0. The number of fused-ring (bicyclic) bond motifs is 1. The highest BCUT2D eigenvalue weighted by Crippen LogP contribution is 2.32. The summed E-state index contributed by atoms with van der Waals surface area (Å²) in [6.07, 6.45) is 1.62. The molecule has 3 aromatic rings. The van der Waals surface area contributed by atoms with Crippen LogP contribution < -0.4 is 24.4 Å². The molecule has 1 aromatic heterocycles. The maximum Gasteiger partial charge on any atom is 0.338 e. The van der Waals surface area contributed by atoms with Crippen LogP contribution >= 0.6 is 27.3 Å². The molecule has 1 atom stereocenters. The van der Waals surface area contributed by atoms with E-state index in [2.05, 4.69) is 20.9 Å². The molecule has 0 unspecified atom stereocenters. The van der Waals surface area contributed by atoms with Gasteiger partial charge >= 0.3 is 17.9 Å². The van der Waals surface area contributed by atoms with Crippen LogP contribution in [0.25, 0.3) is 6.08 Å². The van der Waals surface area contributed by atoms with E-state index in [-0.39, 0.29) is 17.7 Å². The normalized spacial score (nSPS) is 15.0. The van der Waals surface area contributed by atoms with Crippen LogP contribution in [0.2, 0.25) is 0 Å². The van der Waals surface area contributed by atoms with Crippen LogP contribution in [0.15, 0.2) is 68.0 Å². The van der Waals surface area contributed by atoms with E-state index >= 15 is 0 Å². The van der Waals surface area contributed by atoms with Crippen LogP contribution in [0.5, 0.6) is 11.5 Å². The number of hydrogen-bond donors (Lipinski definition) is 0. The highest BCUT2D eigenvalue weighted by atomic mass is 79.9. The van der Waals surface area contributed by atoms with Crippen molar-refractivity contribution >= 4 is 51.3 Å². The van der Waals surface area contributed by atoms with Gasteiger partial charge in [-0.25, -0.2) is 9.79 Å². The molecule has 0 radical (unpaired) electrons. The molecule has 196 valence electrons. The lowest BCUT2D eigenvalue weighted by molar-refractivity contribution is -0.139. The summed E-state index contributed by atoms with van der Waals surface area (Å²) >= 11 is 4.56. The average Bonchev–Trinajstić information content (AvgIpc) is 3.14. The van der Waals surface area contributed by atoms with E-state index in [9.17, 15) is 19.2 Å². The van der Waals surface area contributed by atoms with Gasteiger partial charge in [-0.05, 0) is 55.8 Å². The number of benzene rings is 2. The minimum atomic E-state index is -0.825. The minimum absolute atomic E-state index is 0.153. The van der Waals surface area contributed by atoms with Crippen LogP contribution in [0.1, 0.15) is 44.9 Å². The summed E-state index contributed by atoms with van der Waals surface area (Å²) in [6, 6.07) is 10.8. The summed E-state index contributed by atoms with van der Waals surface area (Å²) in [6.45, 7) is 6.14. The molecule has 0 saturated carbocycles. The maximum absolute atomic E-state index is 13.8. The lowest BCUT2D eigenvalue weighted by atomic mass is 9.96. The molecule has 1 aliphatic heterocycles. The smallest absolute Gasteiger partial charge is 0.338 e. The molecule has 9 nitrogen and oxygen atoms in total. The van der Waals surface area contributed by atoms with Gasteiger partial charge in [0, 0.05) is 23.9 Å². The van der Waals surface area contributed by atoms with Gasteiger partial charge in [-0.1, -0.05) is 39.4 Å². The van der Waals surface area contributed by atoms with Crippen molar-refractivity contribution in [3.63, 3.8) is 0 Å².